The molecule has 0 saturated heterocycles. The van der Waals surface area contributed by atoms with E-state index in [9.17, 15) is 18.0 Å². The van der Waals surface area contributed by atoms with E-state index in [0.29, 0.717) is 6.26 Å². The van der Waals surface area contributed by atoms with Crippen LogP contribution in [-0.4, -0.2) is 16.1 Å². The van der Waals surface area contributed by atoms with Crippen molar-refractivity contribution in [2.75, 3.05) is 0 Å². The van der Waals surface area contributed by atoms with Gasteiger partial charge in [-0.3, -0.25) is 4.79 Å². The summed E-state index contributed by atoms with van der Waals surface area (Å²) >= 11 is 0. The van der Waals surface area contributed by atoms with Gasteiger partial charge in [-0.1, -0.05) is 0 Å². The molecule has 1 unspecified atom stereocenters. The van der Waals surface area contributed by atoms with Crippen molar-refractivity contribution < 1.29 is 27.5 Å². The average molecular weight is 224 g/mol. The molecular weight excluding hydrogens is 217 g/mol. The number of oxazole rings is 1. The molecule has 0 aliphatic rings. The molecule has 1 heterocycles. The van der Waals surface area contributed by atoms with Crippen molar-refractivity contribution in [1.82, 2.24) is 4.98 Å². The first-order chi connectivity index (χ1) is 6.80. The highest BCUT2D eigenvalue weighted by molar-refractivity contribution is 5.67. The summed E-state index contributed by atoms with van der Waals surface area (Å²) in [6.07, 6.45) is -4.50. The standard InChI is InChI=1S/C7H7F3N2O3/c8-7(9,10)6-12-4(2-15-6)3(11)1-5(13)14/h2-3H,1,11H2,(H,13,14). The van der Waals surface area contributed by atoms with Crippen molar-refractivity contribution in [1.29, 1.82) is 0 Å². The number of aromatic nitrogens is 1. The first-order valence-electron chi connectivity index (χ1n) is 3.80. The predicted molar refractivity (Wildman–Crippen MR) is 40.7 cm³/mol. The molecule has 0 aliphatic heterocycles. The Balaban J connectivity index is 2.80. The summed E-state index contributed by atoms with van der Waals surface area (Å²) < 4.78 is 40.2. The smallest absolute Gasteiger partial charge is 0.468 e. The molecule has 0 saturated carbocycles. The number of nitrogens with two attached hydrogens (primary N) is 1. The van der Waals surface area contributed by atoms with Crippen molar-refractivity contribution >= 4 is 5.97 Å². The lowest BCUT2D eigenvalue weighted by molar-refractivity contribution is -0.157. The Hall–Kier alpha value is -1.57. The maximum Gasteiger partial charge on any atom is 0.468 e. The van der Waals surface area contributed by atoms with Gasteiger partial charge in [0.05, 0.1) is 18.2 Å². The summed E-state index contributed by atoms with van der Waals surface area (Å²) in [5.74, 6) is -2.66. The second-order valence-electron chi connectivity index (χ2n) is 2.78. The molecule has 0 bridgehead atoms. The van der Waals surface area contributed by atoms with Crippen molar-refractivity contribution in [3.05, 3.63) is 17.8 Å². The van der Waals surface area contributed by atoms with Crippen LogP contribution in [-0.2, 0) is 11.0 Å². The van der Waals surface area contributed by atoms with E-state index in [4.69, 9.17) is 10.8 Å². The van der Waals surface area contributed by atoms with Crippen LogP contribution < -0.4 is 5.73 Å². The van der Waals surface area contributed by atoms with Crippen LogP contribution >= 0.6 is 0 Å². The highest BCUT2D eigenvalue weighted by Gasteiger charge is 2.37. The third-order valence-corrected chi connectivity index (χ3v) is 1.54. The van der Waals surface area contributed by atoms with Crippen molar-refractivity contribution in [3.8, 4) is 0 Å². The number of rotatable bonds is 3. The zero-order valence-electron chi connectivity index (χ0n) is 7.28. The number of halogens is 3. The molecule has 0 aromatic carbocycles. The predicted octanol–water partition coefficient (Wildman–Crippen LogP) is 1.17. The second-order valence-corrected chi connectivity index (χ2v) is 2.78. The first-order valence-corrected chi connectivity index (χ1v) is 3.80. The lowest BCUT2D eigenvalue weighted by Crippen LogP contribution is -2.16. The van der Waals surface area contributed by atoms with Gasteiger partial charge in [0.15, 0.2) is 0 Å². The number of carboxylic acid groups (broad SMARTS) is 1. The molecule has 3 N–H and O–H groups in total. The largest absolute Gasteiger partial charge is 0.481 e. The summed E-state index contributed by atoms with van der Waals surface area (Å²) in [4.78, 5) is 13.3. The summed E-state index contributed by atoms with van der Waals surface area (Å²) in [6, 6.07) is -1.11. The van der Waals surface area contributed by atoms with Crippen LogP contribution in [0, 0.1) is 0 Å². The fourth-order valence-corrected chi connectivity index (χ4v) is 0.879. The van der Waals surface area contributed by atoms with E-state index in [1.54, 1.807) is 0 Å². The lowest BCUT2D eigenvalue weighted by atomic mass is 10.2. The normalized spacial score (nSPS) is 13.9. The van der Waals surface area contributed by atoms with E-state index in [1.165, 1.54) is 0 Å². The first kappa shape index (κ1) is 11.5. The van der Waals surface area contributed by atoms with E-state index < -0.39 is 30.5 Å². The SMILES string of the molecule is NC(CC(=O)O)c1coc(C(F)(F)F)n1. The Morgan fingerprint density at radius 3 is 2.67 bits per heavy atom. The van der Waals surface area contributed by atoms with Crippen LogP contribution in [0.4, 0.5) is 13.2 Å². The molecule has 5 nitrogen and oxygen atoms in total. The number of aliphatic carboxylic acids is 1. The van der Waals surface area contributed by atoms with Gasteiger partial charge in [0.25, 0.3) is 0 Å². The van der Waals surface area contributed by atoms with E-state index >= 15 is 0 Å². The highest BCUT2D eigenvalue weighted by Crippen LogP contribution is 2.29. The van der Waals surface area contributed by atoms with Crippen LogP contribution in [0.2, 0.25) is 0 Å². The Bertz CT molecular complexity index is 361. The minimum Gasteiger partial charge on any atom is -0.481 e. The van der Waals surface area contributed by atoms with Gasteiger partial charge in [-0.05, 0) is 0 Å². The van der Waals surface area contributed by atoms with Crippen molar-refractivity contribution in [2.45, 2.75) is 18.6 Å². The molecular formula is C7H7F3N2O3. The van der Waals surface area contributed by atoms with E-state index in [-0.39, 0.29) is 5.69 Å². The quantitative estimate of drug-likeness (QED) is 0.804. The number of hydrogen-bond donors (Lipinski definition) is 2. The minimum atomic E-state index is -4.69. The average Bonchev–Trinajstić information content (AvgIpc) is 2.48. The third-order valence-electron chi connectivity index (χ3n) is 1.54. The molecule has 8 heteroatoms. The van der Waals surface area contributed by atoms with Gasteiger partial charge in [-0.2, -0.15) is 13.2 Å². The Morgan fingerprint density at radius 1 is 1.67 bits per heavy atom. The van der Waals surface area contributed by atoms with Crippen LogP contribution in [0.1, 0.15) is 24.0 Å². The van der Waals surface area contributed by atoms with Gasteiger partial charge in [-0.15, -0.1) is 0 Å². The third kappa shape index (κ3) is 2.94. The van der Waals surface area contributed by atoms with E-state index in [0.717, 1.165) is 0 Å². The van der Waals surface area contributed by atoms with Crippen LogP contribution in [0.25, 0.3) is 0 Å². The van der Waals surface area contributed by atoms with Crippen LogP contribution in [0.3, 0.4) is 0 Å². The molecule has 0 radical (unpaired) electrons. The molecule has 84 valence electrons. The number of hydrogen-bond acceptors (Lipinski definition) is 4. The molecule has 0 spiro atoms. The van der Waals surface area contributed by atoms with Gasteiger partial charge in [0, 0.05) is 0 Å². The van der Waals surface area contributed by atoms with Crippen LogP contribution in [0.5, 0.6) is 0 Å². The van der Waals surface area contributed by atoms with Gasteiger partial charge < -0.3 is 15.3 Å². The number of carbonyl (C=O) groups is 1. The number of nitrogens with zero attached hydrogens (tertiary/aromatic N) is 1. The lowest BCUT2D eigenvalue weighted by Gasteiger charge is -2.03. The summed E-state index contributed by atoms with van der Waals surface area (Å²) in [7, 11) is 0. The maximum atomic E-state index is 12.0. The van der Waals surface area contributed by atoms with Crippen molar-refractivity contribution in [3.63, 3.8) is 0 Å². The topological polar surface area (TPSA) is 89.4 Å². The monoisotopic (exact) mass is 224 g/mol. The fourth-order valence-electron chi connectivity index (χ4n) is 0.879. The van der Waals surface area contributed by atoms with Gasteiger partial charge in [-0.25, -0.2) is 4.98 Å². The molecule has 1 atom stereocenters. The zero-order valence-corrected chi connectivity index (χ0v) is 7.28. The minimum absolute atomic E-state index is 0.232. The van der Waals surface area contributed by atoms with Gasteiger partial charge >= 0.3 is 18.0 Å². The second kappa shape index (κ2) is 3.89. The summed E-state index contributed by atoms with van der Waals surface area (Å²) in [5, 5.41) is 8.35. The van der Waals surface area contributed by atoms with Crippen molar-refractivity contribution in [2.24, 2.45) is 5.73 Å². The summed E-state index contributed by atoms with van der Waals surface area (Å²) in [6.45, 7) is 0. The molecule has 0 amide bonds. The Morgan fingerprint density at radius 2 is 2.27 bits per heavy atom. The van der Waals surface area contributed by atoms with Gasteiger partial charge in [0.1, 0.15) is 6.26 Å². The molecule has 1 aromatic heterocycles. The molecule has 1 rings (SSSR count). The number of carboxylic acids is 1. The highest BCUT2D eigenvalue weighted by atomic mass is 19.4. The Labute approximate surface area is 81.7 Å². The molecule has 1 aromatic rings. The number of alkyl halides is 3. The fraction of sp³-hybridized carbons (Fsp3) is 0.429. The van der Waals surface area contributed by atoms with E-state index in [2.05, 4.69) is 9.40 Å². The molecule has 15 heavy (non-hydrogen) atoms. The van der Waals surface area contributed by atoms with Crippen LogP contribution in [0.15, 0.2) is 10.7 Å². The maximum absolute atomic E-state index is 12.0. The summed E-state index contributed by atoms with van der Waals surface area (Å²) in [5.41, 5.74) is 5.05. The van der Waals surface area contributed by atoms with E-state index in [1.807, 2.05) is 0 Å². The Kier molecular flexibility index (Phi) is 2.98. The van der Waals surface area contributed by atoms with Gasteiger partial charge in [0.2, 0.25) is 0 Å². The zero-order chi connectivity index (χ0) is 11.6. The molecule has 0 aliphatic carbocycles. The molecule has 0 fully saturated rings.